The van der Waals surface area contributed by atoms with Crippen molar-refractivity contribution in [2.75, 3.05) is 17.2 Å². The zero-order valence-electron chi connectivity index (χ0n) is 22.7. The summed E-state index contributed by atoms with van der Waals surface area (Å²) in [6, 6.07) is 18.5. The monoisotopic (exact) mass is 560 g/mol. The van der Waals surface area contributed by atoms with Gasteiger partial charge in [-0.05, 0) is 80.3 Å². The summed E-state index contributed by atoms with van der Waals surface area (Å²) in [4.78, 5) is 29.7. The number of nitrogens with one attached hydrogen (secondary N) is 1. The Balaban J connectivity index is 1.38. The van der Waals surface area contributed by atoms with Gasteiger partial charge in [0, 0.05) is 17.4 Å². The zero-order valence-corrected chi connectivity index (χ0v) is 24.3. The number of amides is 2. The van der Waals surface area contributed by atoms with E-state index < -0.39 is 10.8 Å². The molecule has 1 atom stereocenters. The first-order valence-electron chi connectivity index (χ1n) is 13.8. The molecule has 0 unspecified atom stereocenters. The summed E-state index contributed by atoms with van der Waals surface area (Å²) in [6.07, 6.45) is 7.59. The van der Waals surface area contributed by atoms with Crippen LogP contribution in [0.3, 0.4) is 0 Å². The number of hydrogen-bond donors (Lipinski definition) is 1. The summed E-state index contributed by atoms with van der Waals surface area (Å²) in [5.41, 5.74) is 4.63. The van der Waals surface area contributed by atoms with Gasteiger partial charge in [-0.3, -0.25) is 9.59 Å². The van der Waals surface area contributed by atoms with Gasteiger partial charge in [-0.15, -0.1) is 0 Å². The molecule has 1 N–H and O–H groups in total. The Hall–Kier alpha value is -2.90. The molecule has 2 amide bonds. The third kappa shape index (κ3) is 6.30. The number of aryl methyl sites for hydroxylation is 2. The van der Waals surface area contributed by atoms with Gasteiger partial charge in [0.25, 0.3) is 11.8 Å². The zero-order chi connectivity index (χ0) is 27.4. The fourth-order valence-electron chi connectivity index (χ4n) is 5.36. The second-order valence-electron chi connectivity index (χ2n) is 10.5. The van der Waals surface area contributed by atoms with Crippen molar-refractivity contribution >= 4 is 40.1 Å². The van der Waals surface area contributed by atoms with E-state index in [4.69, 9.17) is 0 Å². The Morgan fingerprint density at radius 3 is 2.62 bits per heavy atom. The molecule has 204 valence electrons. The van der Waals surface area contributed by atoms with Gasteiger partial charge in [-0.1, -0.05) is 55.2 Å². The SMILES string of the molecule is Cc1ccc(C)c(CN2C(=O)c3ccccc3[S@@](=O)c3ccc(C(=O)NCCCSC4CCCCC4)cc32)c1. The molecule has 39 heavy (non-hydrogen) atoms. The van der Waals surface area contributed by atoms with Gasteiger partial charge in [0.2, 0.25) is 0 Å². The third-order valence-electron chi connectivity index (χ3n) is 7.62. The van der Waals surface area contributed by atoms with E-state index in [1.807, 2.05) is 25.6 Å². The van der Waals surface area contributed by atoms with Gasteiger partial charge in [0.15, 0.2) is 0 Å². The number of nitrogens with zero attached hydrogens (tertiary/aromatic N) is 1. The summed E-state index contributed by atoms with van der Waals surface area (Å²) < 4.78 is 13.7. The Labute approximate surface area is 238 Å². The van der Waals surface area contributed by atoms with Crippen LogP contribution in [0.1, 0.15) is 75.9 Å². The van der Waals surface area contributed by atoms with Crippen LogP contribution in [0, 0.1) is 13.8 Å². The first-order chi connectivity index (χ1) is 18.9. The van der Waals surface area contributed by atoms with Crippen molar-refractivity contribution in [1.29, 1.82) is 0 Å². The molecule has 3 aromatic rings. The Morgan fingerprint density at radius 1 is 1.00 bits per heavy atom. The van der Waals surface area contributed by atoms with E-state index in [0.717, 1.165) is 34.1 Å². The molecule has 1 aliphatic heterocycles. The standard InChI is InChI=1S/C32H36N2O3S2/c1-22-13-14-23(2)25(19-22)21-34-28-20-24(31(35)33-17-8-18-38-26-9-4-3-5-10-26)15-16-30(28)39(37)29-12-7-6-11-27(29)32(34)36/h6-7,11-16,19-20,26H,3-5,8-10,17-18,21H2,1-2H3,(H,33,35)/t39-/m1/s1. The van der Waals surface area contributed by atoms with E-state index in [2.05, 4.69) is 23.5 Å². The first kappa shape index (κ1) is 27.7. The predicted octanol–water partition coefficient (Wildman–Crippen LogP) is 6.82. The van der Waals surface area contributed by atoms with Gasteiger partial charge < -0.3 is 10.2 Å². The van der Waals surface area contributed by atoms with Crippen LogP contribution in [-0.4, -0.2) is 33.6 Å². The Morgan fingerprint density at radius 2 is 1.79 bits per heavy atom. The van der Waals surface area contributed by atoms with E-state index in [1.54, 1.807) is 47.4 Å². The van der Waals surface area contributed by atoms with Crippen LogP contribution in [0.2, 0.25) is 0 Å². The summed E-state index contributed by atoms with van der Waals surface area (Å²) in [5, 5.41) is 3.82. The van der Waals surface area contributed by atoms with Crippen LogP contribution >= 0.6 is 11.8 Å². The number of hydrogen-bond acceptors (Lipinski definition) is 4. The lowest BCUT2D eigenvalue weighted by atomic mass is 10.0. The number of carbonyl (C=O) groups excluding carboxylic acids is 2. The minimum atomic E-state index is -1.55. The van der Waals surface area contributed by atoms with Crippen molar-refractivity contribution < 1.29 is 13.8 Å². The maximum absolute atomic E-state index is 13.9. The van der Waals surface area contributed by atoms with E-state index in [-0.39, 0.29) is 11.8 Å². The fraction of sp³-hybridized carbons (Fsp3) is 0.375. The average molecular weight is 561 g/mol. The lowest BCUT2D eigenvalue weighted by Crippen LogP contribution is -2.31. The molecule has 1 heterocycles. The quantitative estimate of drug-likeness (QED) is 0.307. The van der Waals surface area contributed by atoms with Crippen LogP contribution < -0.4 is 10.2 Å². The van der Waals surface area contributed by atoms with Crippen LogP contribution in [0.25, 0.3) is 0 Å². The topological polar surface area (TPSA) is 66.5 Å². The van der Waals surface area contributed by atoms with Crippen molar-refractivity contribution in [3.05, 3.63) is 88.5 Å². The highest BCUT2D eigenvalue weighted by atomic mass is 32.2. The fourth-order valence-corrected chi connectivity index (χ4v) is 8.02. The van der Waals surface area contributed by atoms with Crippen LogP contribution in [-0.2, 0) is 17.3 Å². The highest BCUT2D eigenvalue weighted by molar-refractivity contribution is 7.99. The van der Waals surface area contributed by atoms with Crippen molar-refractivity contribution in [2.45, 2.75) is 74.0 Å². The Kier molecular flexibility index (Phi) is 8.88. The molecule has 1 aliphatic carbocycles. The third-order valence-corrected chi connectivity index (χ3v) is 10.6. The molecule has 1 saturated carbocycles. The molecule has 2 aliphatic rings. The average Bonchev–Trinajstić information content (AvgIpc) is 3.04. The van der Waals surface area contributed by atoms with E-state index >= 15 is 0 Å². The lowest BCUT2D eigenvalue weighted by Gasteiger charge is -2.24. The largest absolute Gasteiger partial charge is 0.352 e. The summed E-state index contributed by atoms with van der Waals surface area (Å²) in [7, 11) is -1.55. The molecule has 3 aromatic carbocycles. The van der Waals surface area contributed by atoms with Crippen molar-refractivity contribution in [2.24, 2.45) is 0 Å². The molecule has 1 fully saturated rings. The highest BCUT2D eigenvalue weighted by Crippen LogP contribution is 2.36. The molecule has 0 saturated heterocycles. The van der Waals surface area contributed by atoms with E-state index in [0.29, 0.717) is 39.7 Å². The van der Waals surface area contributed by atoms with E-state index in [1.165, 1.54) is 32.1 Å². The summed E-state index contributed by atoms with van der Waals surface area (Å²) in [6.45, 7) is 4.99. The molecule has 5 nitrogen and oxygen atoms in total. The number of benzene rings is 3. The first-order valence-corrected chi connectivity index (χ1v) is 16.0. The van der Waals surface area contributed by atoms with Gasteiger partial charge in [0.05, 0.1) is 38.4 Å². The minimum absolute atomic E-state index is 0.174. The Bertz CT molecular complexity index is 1400. The van der Waals surface area contributed by atoms with Gasteiger partial charge in [0.1, 0.15) is 0 Å². The number of thioether (sulfide) groups is 1. The second kappa shape index (κ2) is 12.5. The smallest absolute Gasteiger partial charge is 0.259 e. The summed E-state index contributed by atoms with van der Waals surface area (Å²) >= 11 is 2.03. The van der Waals surface area contributed by atoms with Gasteiger partial charge >= 0.3 is 0 Å². The van der Waals surface area contributed by atoms with Crippen molar-refractivity contribution in [3.63, 3.8) is 0 Å². The molecule has 7 heteroatoms. The molecule has 5 rings (SSSR count). The number of anilines is 1. The maximum atomic E-state index is 13.9. The molecular formula is C32H36N2O3S2. The van der Waals surface area contributed by atoms with Crippen LogP contribution in [0.15, 0.2) is 70.5 Å². The molecule has 0 aromatic heterocycles. The van der Waals surface area contributed by atoms with Crippen LogP contribution in [0.4, 0.5) is 5.69 Å². The van der Waals surface area contributed by atoms with Gasteiger partial charge in [-0.25, -0.2) is 4.21 Å². The normalized spacial score (nSPS) is 17.3. The van der Waals surface area contributed by atoms with E-state index in [9.17, 15) is 13.8 Å². The van der Waals surface area contributed by atoms with Gasteiger partial charge in [-0.2, -0.15) is 11.8 Å². The number of carbonyl (C=O) groups is 2. The van der Waals surface area contributed by atoms with Crippen molar-refractivity contribution in [1.82, 2.24) is 5.32 Å². The minimum Gasteiger partial charge on any atom is -0.352 e. The lowest BCUT2D eigenvalue weighted by molar-refractivity contribution is 0.0950. The highest BCUT2D eigenvalue weighted by Gasteiger charge is 2.31. The number of fused-ring (bicyclic) bond motifs is 2. The van der Waals surface area contributed by atoms with Crippen LogP contribution in [0.5, 0.6) is 0 Å². The van der Waals surface area contributed by atoms with Crippen molar-refractivity contribution in [3.8, 4) is 0 Å². The predicted molar refractivity (Wildman–Crippen MR) is 160 cm³/mol. The number of rotatable bonds is 8. The molecule has 0 spiro atoms. The molecular weight excluding hydrogens is 524 g/mol. The molecule has 0 radical (unpaired) electrons. The summed E-state index contributed by atoms with van der Waals surface area (Å²) in [5.74, 6) is 0.660. The maximum Gasteiger partial charge on any atom is 0.259 e. The molecule has 0 bridgehead atoms. The second-order valence-corrected chi connectivity index (χ2v) is 13.3.